The van der Waals surface area contributed by atoms with Crippen molar-refractivity contribution in [1.82, 2.24) is 24.5 Å². The minimum atomic E-state index is 0.0578. The monoisotopic (exact) mass is 396 g/mol. The van der Waals surface area contributed by atoms with Crippen LogP contribution in [0.1, 0.15) is 40.2 Å². The first-order chi connectivity index (χ1) is 13.5. The number of nitrogens with two attached hydrogens (primary N) is 1. The molecule has 3 aromatic rings. The van der Waals surface area contributed by atoms with Gasteiger partial charge in [0.2, 0.25) is 5.16 Å². The van der Waals surface area contributed by atoms with E-state index in [2.05, 4.69) is 15.1 Å². The molecule has 2 aromatic heterocycles. The SMILES string of the molecule is Cc1cc(C)n2nc(SCc3ccccc3C(=O)N3CCCC(N)C3)nc2n1. The Morgan fingerprint density at radius 3 is 2.93 bits per heavy atom. The van der Waals surface area contributed by atoms with E-state index in [-0.39, 0.29) is 11.9 Å². The number of likely N-dealkylation sites (tertiary alicyclic amines) is 1. The third kappa shape index (κ3) is 3.88. The molecule has 1 unspecified atom stereocenters. The van der Waals surface area contributed by atoms with Crippen molar-refractivity contribution >= 4 is 23.4 Å². The summed E-state index contributed by atoms with van der Waals surface area (Å²) in [7, 11) is 0. The van der Waals surface area contributed by atoms with Crippen molar-refractivity contribution in [3.63, 3.8) is 0 Å². The number of aromatic nitrogens is 4. The van der Waals surface area contributed by atoms with Crippen molar-refractivity contribution in [2.24, 2.45) is 5.73 Å². The van der Waals surface area contributed by atoms with Crippen molar-refractivity contribution in [3.8, 4) is 0 Å². The van der Waals surface area contributed by atoms with Gasteiger partial charge >= 0.3 is 0 Å². The Morgan fingerprint density at radius 1 is 1.29 bits per heavy atom. The van der Waals surface area contributed by atoms with Gasteiger partial charge < -0.3 is 10.6 Å². The van der Waals surface area contributed by atoms with Crippen LogP contribution in [0, 0.1) is 13.8 Å². The smallest absolute Gasteiger partial charge is 0.254 e. The molecule has 1 fully saturated rings. The van der Waals surface area contributed by atoms with E-state index in [1.54, 1.807) is 4.52 Å². The van der Waals surface area contributed by atoms with Crippen molar-refractivity contribution in [2.45, 2.75) is 43.6 Å². The first-order valence-electron chi connectivity index (χ1n) is 9.48. The second-order valence-electron chi connectivity index (χ2n) is 7.24. The second kappa shape index (κ2) is 7.89. The molecule has 7 nitrogen and oxygen atoms in total. The van der Waals surface area contributed by atoms with Crippen molar-refractivity contribution in [3.05, 3.63) is 52.8 Å². The summed E-state index contributed by atoms with van der Waals surface area (Å²) in [4.78, 5) is 23.8. The molecule has 8 heteroatoms. The minimum absolute atomic E-state index is 0.0578. The summed E-state index contributed by atoms with van der Waals surface area (Å²) < 4.78 is 1.75. The van der Waals surface area contributed by atoms with Gasteiger partial charge in [0, 0.05) is 41.8 Å². The number of amides is 1. The van der Waals surface area contributed by atoms with Crippen molar-refractivity contribution in [1.29, 1.82) is 0 Å². The maximum absolute atomic E-state index is 13.0. The Morgan fingerprint density at radius 2 is 2.11 bits per heavy atom. The summed E-state index contributed by atoms with van der Waals surface area (Å²) in [5, 5.41) is 5.19. The summed E-state index contributed by atoms with van der Waals surface area (Å²) in [5.74, 6) is 1.28. The molecule has 1 aromatic carbocycles. The normalized spacial score (nSPS) is 17.2. The fraction of sp³-hybridized carbons (Fsp3) is 0.400. The number of fused-ring (bicyclic) bond motifs is 1. The second-order valence-corrected chi connectivity index (χ2v) is 8.19. The third-order valence-electron chi connectivity index (χ3n) is 4.95. The third-order valence-corrected chi connectivity index (χ3v) is 5.83. The number of piperidine rings is 1. The van der Waals surface area contributed by atoms with Gasteiger partial charge in [0.15, 0.2) is 0 Å². The molecule has 1 aliphatic heterocycles. The average Bonchev–Trinajstić information content (AvgIpc) is 3.09. The highest BCUT2D eigenvalue weighted by Crippen LogP contribution is 2.24. The standard InChI is InChI=1S/C20H24N6OS/c1-13-10-14(2)26-19(22-13)23-20(24-26)28-12-15-6-3-4-8-17(15)18(27)25-9-5-7-16(21)11-25/h3-4,6,8,10,16H,5,7,9,11-12,21H2,1-2H3. The molecule has 1 amide bonds. The summed E-state index contributed by atoms with van der Waals surface area (Å²) in [6.07, 6.45) is 1.94. The zero-order valence-corrected chi connectivity index (χ0v) is 16.9. The Balaban J connectivity index is 1.53. The van der Waals surface area contributed by atoms with Gasteiger partial charge in [-0.3, -0.25) is 4.79 Å². The van der Waals surface area contributed by atoms with E-state index < -0.39 is 0 Å². The van der Waals surface area contributed by atoms with E-state index in [1.807, 2.05) is 49.1 Å². The van der Waals surface area contributed by atoms with Crippen LogP contribution < -0.4 is 5.73 Å². The summed E-state index contributed by atoms with van der Waals surface area (Å²) in [6, 6.07) is 9.80. The molecule has 0 bridgehead atoms. The molecular weight excluding hydrogens is 372 g/mol. The van der Waals surface area contributed by atoms with E-state index in [9.17, 15) is 4.79 Å². The van der Waals surface area contributed by atoms with Gasteiger partial charge in [-0.25, -0.2) is 9.50 Å². The fourth-order valence-corrected chi connectivity index (χ4v) is 4.39. The van der Waals surface area contributed by atoms with Gasteiger partial charge in [-0.15, -0.1) is 5.10 Å². The van der Waals surface area contributed by atoms with Gasteiger partial charge in [0.1, 0.15) is 0 Å². The number of carbonyl (C=O) groups excluding carboxylic acids is 1. The maximum Gasteiger partial charge on any atom is 0.254 e. The van der Waals surface area contributed by atoms with Crippen LogP contribution in [-0.4, -0.2) is 49.5 Å². The number of rotatable bonds is 4. The molecule has 0 spiro atoms. The number of benzene rings is 1. The topological polar surface area (TPSA) is 89.4 Å². The molecule has 0 saturated carbocycles. The quantitative estimate of drug-likeness (QED) is 0.682. The largest absolute Gasteiger partial charge is 0.337 e. The molecule has 146 valence electrons. The Hall–Kier alpha value is -2.45. The molecule has 0 radical (unpaired) electrons. The fourth-order valence-electron chi connectivity index (χ4n) is 3.57. The predicted octanol–water partition coefficient (Wildman–Crippen LogP) is 2.60. The lowest BCUT2D eigenvalue weighted by molar-refractivity contribution is 0.0708. The number of carbonyl (C=O) groups is 1. The Labute approximate surface area is 168 Å². The number of nitrogens with zero attached hydrogens (tertiary/aromatic N) is 5. The number of thioether (sulfide) groups is 1. The molecule has 3 heterocycles. The highest BCUT2D eigenvalue weighted by atomic mass is 32.2. The number of aryl methyl sites for hydroxylation is 2. The summed E-state index contributed by atoms with van der Waals surface area (Å²) >= 11 is 1.51. The number of hydrogen-bond acceptors (Lipinski definition) is 6. The first kappa shape index (κ1) is 18.9. The van der Waals surface area contributed by atoms with E-state index in [1.165, 1.54) is 11.8 Å². The van der Waals surface area contributed by atoms with Gasteiger partial charge in [-0.05, 0) is 44.4 Å². The van der Waals surface area contributed by atoms with Crippen molar-refractivity contribution in [2.75, 3.05) is 13.1 Å². The van der Waals surface area contributed by atoms with Crippen LogP contribution in [0.2, 0.25) is 0 Å². The van der Waals surface area contributed by atoms with E-state index in [4.69, 9.17) is 5.73 Å². The van der Waals surface area contributed by atoms with Crippen LogP contribution in [-0.2, 0) is 5.75 Å². The molecule has 4 rings (SSSR count). The van der Waals surface area contributed by atoms with E-state index in [0.717, 1.165) is 41.9 Å². The molecular formula is C20H24N6OS. The van der Waals surface area contributed by atoms with Crippen LogP contribution >= 0.6 is 11.8 Å². The number of hydrogen-bond donors (Lipinski definition) is 1. The molecule has 2 N–H and O–H groups in total. The molecule has 1 saturated heterocycles. The highest BCUT2D eigenvalue weighted by Gasteiger charge is 2.24. The zero-order chi connectivity index (χ0) is 19.7. The Bertz CT molecular complexity index is 1020. The van der Waals surface area contributed by atoms with Crippen LogP contribution in [0.15, 0.2) is 35.5 Å². The molecule has 0 aliphatic carbocycles. The van der Waals surface area contributed by atoms with E-state index in [0.29, 0.717) is 23.2 Å². The molecule has 1 aliphatic rings. The Kier molecular flexibility index (Phi) is 5.32. The summed E-state index contributed by atoms with van der Waals surface area (Å²) in [5.41, 5.74) is 9.69. The highest BCUT2D eigenvalue weighted by molar-refractivity contribution is 7.98. The van der Waals surface area contributed by atoms with Gasteiger partial charge in [-0.2, -0.15) is 4.98 Å². The predicted molar refractivity (Wildman–Crippen MR) is 109 cm³/mol. The lowest BCUT2D eigenvalue weighted by Crippen LogP contribution is -2.45. The first-order valence-corrected chi connectivity index (χ1v) is 10.5. The van der Waals surface area contributed by atoms with Crippen molar-refractivity contribution < 1.29 is 4.79 Å². The van der Waals surface area contributed by atoms with Crippen LogP contribution in [0.25, 0.3) is 5.78 Å². The van der Waals surface area contributed by atoms with Gasteiger partial charge in [-0.1, -0.05) is 30.0 Å². The summed E-state index contributed by atoms with van der Waals surface area (Å²) in [6.45, 7) is 5.33. The average molecular weight is 397 g/mol. The lowest BCUT2D eigenvalue weighted by atomic mass is 10.0. The maximum atomic E-state index is 13.0. The minimum Gasteiger partial charge on any atom is -0.337 e. The van der Waals surface area contributed by atoms with Crippen LogP contribution in [0.5, 0.6) is 0 Å². The van der Waals surface area contributed by atoms with Crippen LogP contribution in [0.4, 0.5) is 0 Å². The lowest BCUT2D eigenvalue weighted by Gasteiger charge is -2.31. The van der Waals surface area contributed by atoms with Crippen LogP contribution in [0.3, 0.4) is 0 Å². The van der Waals surface area contributed by atoms with Gasteiger partial charge in [0.25, 0.3) is 11.7 Å². The van der Waals surface area contributed by atoms with E-state index >= 15 is 0 Å². The van der Waals surface area contributed by atoms with Gasteiger partial charge in [0.05, 0.1) is 0 Å². The molecule has 28 heavy (non-hydrogen) atoms. The molecule has 1 atom stereocenters. The zero-order valence-electron chi connectivity index (χ0n) is 16.1.